The van der Waals surface area contributed by atoms with Crippen molar-refractivity contribution < 1.29 is 27.3 Å². The summed E-state index contributed by atoms with van der Waals surface area (Å²) in [6.07, 6.45) is 1.85. The van der Waals surface area contributed by atoms with Crippen molar-refractivity contribution in [3.63, 3.8) is 0 Å². The normalized spacial score (nSPS) is 13.4. The highest BCUT2D eigenvalue weighted by atomic mass is 32.2. The Labute approximate surface area is 263 Å². The van der Waals surface area contributed by atoms with Crippen LogP contribution >= 0.6 is 0 Å². The predicted octanol–water partition coefficient (Wildman–Crippen LogP) is 4.76. The van der Waals surface area contributed by atoms with Crippen LogP contribution in [0.5, 0.6) is 0 Å². The molecule has 3 amide bonds. The molecule has 4 rings (SSSR count). The highest BCUT2D eigenvalue weighted by Gasteiger charge is 2.45. The molecule has 11 heteroatoms. The lowest BCUT2D eigenvalue weighted by atomic mass is 9.96. The van der Waals surface area contributed by atoms with Gasteiger partial charge < -0.3 is 15.2 Å². The molecule has 0 aliphatic rings. The van der Waals surface area contributed by atoms with Crippen molar-refractivity contribution in [2.45, 2.75) is 57.5 Å². The number of benzene rings is 3. The molecule has 45 heavy (non-hydrogen) atoms. The van der Waals surface area contributed by atoms with Crippen molar-refractivity contribution in [1.82, 2.24) is 14.4 Å². The van der Waals surface area contributed by atoms with Crippen LogP contribution in [-0.4, -0.2) is 59.6 Å². The van der Waals surface area contributed by atoms with Gasteiger partial charge in [-0.25, -0.2) is 12.7 Å². The molecule has 3 aromatic carbocycles. The van der Waals surface area contributed by atoms with Crippen molar-refractivity contribution in [3.8, 4) is 11.3 Å². The Morgan fingerprint density at radius 2 is 1.56 bits per heavy atom. The van der Waals surface area contributed by atoms with Gasteiger partial charge in [0.1, 0.15) is 12.1 Å². The molecule has 0 saturated heterocycles. The molecular weight excluding hydrogens is 592 g/mol. The molecule has 0 aliphatic carbocycles. The third kappa shape index (κ3) is 7.31. The Kier molecular flexibility index (Phi) is 10.2. The fourth-order valence-corrected chi connectivity index (χ4v) is 7.03. The van der Waals surface area contributed by atoms with E-state index >= 15 is 0 Å². The molecule has 0 fully saturated rings. The number of nitrogens with two attached hydrogens (primary N) is 1. The summed E-state index contributed by atoms with van der Waals surface area (Å²) in [7, 11) is -3.13. The molecule has 0 bridgehead atoms. The monoisotopic (exact) mass is 630 g/mol. The number of likely N-dealkylation sites (N-methyl/N-ethyl adjacent to an activating group) is 1. The van der Waals surface area contributed by atoms with Crippen LogP contribution in [0.4, 0.5) is 0 Å². The van der Waals surface area contributed by atoms with Gasteiger partial charge in [0.25, 0.3) is 21.8 Å². The van der Waals surface area contributed by atoms with Crippen LogP contribution in [0, 0.1) is 19.8 Å². The van der Waals surface area contributed by atoms with Gasteiger partial charge in [0, 0.05) is 30.7 Å². The van der Waals surface area contributed by atoms with Gasteiger partial charge in [0.15, 0.2) is 5.76 Å². The molecule has 1 aromatic heterocycles. The van der Waals surface area contributed by atoms with Crippen LogP contribution in [-0.2, 0) is 26.0 Å². The third-order valence-corrected chi connectivity index (χ3v) is 9.68. The molecule has 0 saturated carbocycles. The smallest absolute Gasteiger partial charge is 0.267 e. The minimum atomic E-state index is -4.58. The standard InChI is InChI=1S/C34H38N4O6S/c1-6-24(4)31(32(35)39)38(45(42,43)28-10-8-7-9-11-28)34(41)29(37(5)33(40)27-19-22(2)18-23(3)20-27)21-25-12-14-26(15-13-25)30-16-17-36-44-30/h7-20,24,29,31H,6,21H2,1-5H3,(H2,35,39)/t24-,29-,31-/m0/s1. The molecule has 0 radical (unpaired) electrons. The molecule has 4 aromatic rings. The van der Waals surface area contributed by atoms with Crippen LogP contribution in [0.3, 0.4) is 0 Å². The Morgan fingerprint density at radius 1 is 0.933 bits per heavy atom. The SMILES string of the molecule is CC[C@H](C)[C@@H](C(N)=O)N(C(=O)[C@H](Cc1ccc(-c2ccno2)cc1)N(C)C(=O)c1cc(C)cc(C)c1)S(=O)(=O)c1ccccc1. The topological polar surface area (TPSA) is 144 Å². The summed E-state index contributed by atoms with van der Waals surface area (Å²) in [6, 6.07) is 18.8. The summed E-state index contributed by atoms with van der Waals surface area (Å²) >= 11 is 0. The largest absolute Gasteiger partial charge is 0.368 e. The summed E-state index contributed by atoms with van der Waals surface area (Å²) in [6.45, 7) is 7.17. The van der Waals surface area contributed by atoms with E-state index in [0.717, 1.165) is 16.7 Å². The fourth-order valence-electron chi connectivity index (χ4n) is 5.33. The summed E-state index contributed by atoms with van der Waals surface area (Å²) in [5.74, 6) is -2.44. The first-order chi connectivity index (χ1) is 21.3. The number of hydrogen-bond acceptors (Lipinski definition) is 7. The maximum absolute atomic E-state index is 14.7. The highest BCUT2D eigenvalue weighted by Crippen LogP contribution is 2.28. The van der Waals surface area contributed by atoms with Crippen LogP contribution in [0.15, 0.2) is 94.5 Å². The minimum Gasteiger partial charge on any atom is -0.368 e. The number of sulfonamides is 1. The fraction of sp³-hybridized carbons (Fsp3) is 0.294. The first-order valence-electron chi connectivity index (χ1n) is 14.6. The summed E-state index contributed by atoms with van der Waals surface area (Å²) in [4.78, 5) is 42.6. The zero-order valence-electron chi connectivity index (χ0n) is 26.0. The zero-order valence-corrected chi connectivity index (χ0v) is 26.8. The molecule has 236 valence electrons. The van der Waals surface area contributed by atoms with Gasteiger partial charge in [-0.2, -0.15) is 0 Å². The Hall–Kier alpha value is -4.77. The van der Waals surface area contributed by atoms with E-state index in [2.05, 4.69) is 5.16 Å². The number of amides is 3. The highest BCUT2D eigenvalue weighted by molar-refractivity contribution is 7.89. The maximum Gasteiger partial charge on any atom is 0.267 e. The summed E-state index contributed by atoms with van der Waals surface area (Å²) < 4.78 is 34.2. The van der Waals surface area contributed by atoms with E-state index in [0.29, 0.717) is 27.6 Å². The van der Waals surface area contributed by atoms with Crippen molar-refractivity contribution in [3.05, 3.63) is 107 Å². The second-order valence-corrected chi connectivity index (χ2v) is 13.1. The second-order valence-electron chi connectivity index (χ2n) is 11.3. The van der Waals surface area contributed by atoms with E-state index in [1.165, 1.54) is 42.4 Å². The van der Waals surface area contributed by atoms with E-state index in [-0.39, 0.29) is 11.3 Å². The minimum absolute atomic E-state index is 0.0463. The molecule has 0 aliphatic heterocycles. The van der Waals surface area contributed by atoms with E-state index in [1.54, 1.807) is 62.4 Å². The number of nitrogens with zero attached hydrogens (tertiary/aromatic N) is 3. The summed E-state index contributed by atoms with van der Waals surface area (Å²) in [5.41, 5.74) is 9.27. The van der Waals surface area contributed by atoms with Gasteiger partial charge in [0.05, 0.1) is 11.1 Å². The van der Waals surface area contributed by atoms with E-state index in [4.69, 9.17) is 10.3 Å². The lowest BCUT2D eigenvalue weighted by Gasteiger charge is -2.37. The number of aromatic nitrogens is 1. The summed E-state index contributed by atoms with van der Waals surface area (Å²) in [5, 5.41) is 3.73. The molecule has 2 N–H and O–H groups in total. The molecule has 0 unspecified atom stereocenters. The van der Waals surface area contributed by atoms with Gasteiger partial charge in [-0.1, -0.05) is 85.1 Å². The molecule has 3 atom stereocenters. The van der Waals surface area contributed by atoms with Crippen LogP contribution in [0.1, 0.15) is 47.3 Å². The van der Waals surface area contributed by atoms with Gasteiger partial charge >= 0.3 is 0 Å². The molecular formula is C34H38N4O6S. The third-order valence-electron chi connectivity index (χ3n) is 7.89. The van der Waals surface area contributed by atoms with Crippen molar-refractivity contribution >= 4 is 27.7 Å². The Morgan fingerprint density at radius 3 is 2.09 bits per heavy atom. The van der Waals surface area contributed by atoms with Gasteiger partial charge in [-0.3, -0.25) is 14.4 Å². The van der Waals surface area contributed by atoms with Gasteiger partial charge in [-0.15, -0.1) is 0 Å². The van der Waals surface area contributed by atoms with Crippen molar-refractivity contribution in [2.75, 3.05) is 7.05 Å². The zero-order chi connectivity index (χ0) is 32.9. The Bertz CT molecular complexity index is 1740. The number of carbonyl (C=O) groups excluding carboxylic acids is 3. The van der Waals surface area contributed by atoms with Gasteiger partial charge in [0.2, 0.25) is 5.91 Å². The number of primary amides is 1. The predicted molar refractivity (Wildman–Crippen MR) is 170 cm³/mol. The van der Waals surface area contributed by atoms with Gasteiger partial charge in [-0.05, 0) is 49.6 Å². The van der Waals surface area contributed by atoms with Crippen LogP contribution < -0.4 is 5.73 Å². The molecule has 1 heterocycles. The second kappa shape index (κ2) is 13.9. The van der Waals surface area contributed by atoms with Crippen LogP contribution in [0.25, 0.3) is 11.3 Å². The number of rotatable bonds is 12. The van der Waals surface area contributed by atoms with E-state index < -0.39 is 45.7 Å². The first-order valence-corrected chi connectivity index (χ1v) is 16.1. The maximum atomic E-state index is 14.7. The van der Waals surface area contributed by atoms with E-state index in [1.807, 2.05) is 19.9 Å². The Balaban J connectivity index is 1.85. The quantitative estimate of drug-likeness (QED) is 0.238. The average molecular weight is 631 g/mol. The first kappa shape index (κ1) is 33.1. The number of hydrogen-bond donors (Lipinski definition) is 1. The lowest BCUT2D eigenvalue weighted by Crippen LogP contribution is -2.59. The number of aryl methyl sites for hydroxylation is 2. The molecule has 10 nitrogen and oxygen atoms in total. The van der Waals surface area contributed by atoms with E-state index in [9.17, 15) is 22.8 Å². The van der Waals surface area contributed by atoms with Crippen LogP contribution in [0.2, 0.25) is 0 Å². The molecule has 0 spiro atoms. The van der Waals surface area contributed by atoms with Crippen molar-refractivity contribution in [1.29, 1.82) is 0 Å². The average Bonchev–Trinajstić information content (AvgIpc) is 3.56. The number of carbonyl (C=O) groups is 3. The lowest BCUT2D eigenvalue weighted by molar-refractivity contribution is -0.138. The van der Waals surface area contributed by atoms with Crippen molar-refractivity contribution in [2.24, 2.45) is 11.7 Å².